The zero-order chi connectivity index (χ0) is 43.9. The molecule has 0 spiro atoms. The van der Waals surface area contributed by atoms with Crippen molar-refractivity contribution in [2.24, 2.45) is 0 Å². The first-order chi connectivity index (χ1) is 32.7. The Hall–Kier alpha value is -8.52. The van der Waals surface area contributed by atoms with Crippen molar-refractivity contribution in [1.29, 1.82) is 0 Å². The van der Waals surface area contributed by atoms with E-state index in [4.69, 9.17) is 0 Å². The van der Waals surface area contributed by atoms with Crippen LogP contribution in [0.15, 0.2) is 273 Å². The van der Waals surface area contributed by atoms with E-state index in [1.807, 2.05) is 0 Å². The van der Waals surface area contributed by atoms with Gasteiger partial charge in [0.05, 0.1) is 11.1 Å². The molecule has 0 radical (unpaired) electrons. The summed E-state index contributed by atoms with van der Waals surface area (Å²) in [5.41, 5.74) is 19.6. The molecule has 310 valence electrons. The Morgan fingerprint density at radius 2 is 0.712 bits per heavy atom. The van der Waals surface area contributed by atoms with Gasteiger partial charge in [-0.15, -0.1) is 0 Å². The van der Waals surface area contributed by atoms with Crippen LogP contribution in [0.25, 0.3) is 66.4 Å². The largest absolute Gasteiger partial charge is 0.310 e. The molecule has 66 heavy (non-hydrogen) atoms. The average molecular weight is 840 g/mol. The van der Waals surface area contributed by atoms with Crippen molar-refractivity contribution in [1.82, 2.24) is 0 Å². The van der Waals surface area contributed by atoms with Gasteiger partial charge in [0, 0.05) is 16.9 Å². The maximum atomic E-state index is 2.49. The molecule has 0 bridgehead atoms. The van der Waals surface area contributed by atoms with Gasteiger partial charge in [0.2, 0.25) is 0 Å². The summed E-state index contributed by atoms with van der Waals surface area (Å²) in [5, 5.41) is 2.49. The van der Waals surface area contributed by atoms with Crippen molar-refractivity contribution in [2.45, 2.75) is 5.41 Å². The molecule has 1 aliphatic rings. The number of nitrogens with zero attached hydrogens (tertiary/aromatic N) is 1. The van der Waals surface area contributed by atoms with Crippen LogP contribution in [0.3, 0.4) is 0 Å². The number of fused-ring (bicyclic) bond motifs is 4. The van der Waals surface area contributed by atoms with E-state index in [0.29, 0.717) is 0 Å². The summed E-state index contributed by atoms with van der Waals surface area (Å²) >= 11 is 0. The molecule has 0 unspecified atom stereocenters. The lowest BCUT2D eigenvalue weighted by Gasteiger charge is -2.35. The van der Waals surface area contributed by atoms with E-state index >= 15 is 0 Å². The molecular weight excluding hydrogens is 795 g/mol. The van der Waals surface area contributed by atoms with E-state index in [0.717, 1.165) is 22.6 Å². The highest BCUT2D eigenvalue weighted by atomic mass is 15.1. The van der Waals surface area contributed by atoms with Crippen molar-refractivity contribution in [3.05, 3.63) is 295 Å². The highest BCUT2D eigenvalue weighted by Crippen LogP contribution is 2.61. The van der Waals surface area contributed by atoms with Crippen LogP contribution in [-0.2, 0) is 5.41 Å². The van der Waals surface area contributed by atoms with E-state index in [-0.39, 0.29) is 0 Å². The molecule has 0 saturated heterocycles. The summed E-state index contributed by atoms with van der Waals surface area (Å²) in [4.78, 5) is 2.49. The Balaban J connectivity index is 1.17. The quantitative estimate of drug-likeness (QED) is 0.140. The number of benzene rings is 11. The second kappa shape index (κ2) is 16.6. The molecule has 0 saturated carbocycles. The lowest BCUT2D eigenvalue weighted by atomic mass is 9.67. The van der Waals surface area contributed by atoms with Crippen LogP contribution >= 0.6 is 0 Å². The van der Waals surface area contributed by atoms with Crippen LogP contribution in [0.5, 0.6) is 0 Å². The first kappa shape index (κ1) is 39.1. The van der Waals surface area contributed by atoms with Crippen LogP contribution in [0.4, 0.5) is 17.1 Å². The van der Waals surface area contributed by atoms with Gasteiger partial charge in [0.25, 0.3) is 0 Å². The number of hydrogen-bond donors (Lipinski definition) is 0. The van der Waals surface area contributed by atoms with Crippen molar-refractivity contribution in [3.63, 3.8) is 0 Å². The minimum absolute atomic E-state index is 0.640. The van der Waals surface area contributed by atoms with E-state index < -0.39 is 5.41 Å². The smallest absolute Gasteiger partial charge is 0.0714 e. The van der Waals surface area contributed by atoms with Gasteiger partial charge in [-0.3, -0.25) is 0 Å². The van der Waals surface area contributed by atoms with Crippen LogP contribution in [0, 0.1) is 0 Å². The Morgan fingerprint density at radius 1 is 0.273 bits per heavy atom. The van der Waals surface area contributed by atoms with Gasteiger partial charge in [0.1, 0.15) is 0 Å². The first-order valence-electron chi connectivity index (χ1n) is 22.8. The zero-order valence-electron chi connectivity index (χ0n) is 36.4. The Bertz CT molecular complexity index is 3430. The minimum Gasteiger partial charge on any atom is -0.310 e. The first-order valence-corrected chi connectivity index (χ1v) is 22.8. The van der Waals surface area contributed by atoms with Crippen LogP contribution in [0.1, 0.15) is 22.3 Å². The van der Waals surface area contributed by atoms with Crippen molar-refractivity contribution in [3.8, 4) is 55.6 Å². The number of anilines is 3. The molecule has 0 N–H and O–H groups in total. The van der Waals surface area contributed by atoms with E-state index in [1.54, 1.807) is 0 Å². The molecule has 0 atom stereocenters. The van der Waals surface area contributed by atoms with Crippen molar-refractivity contribution >= 4 is 27.8 Å². The molecular formula is C65H45N. The lowest BCUT2D eigenvalue weighted by Crippen LogP contribution is -2.28. The van der Waals surface area contributed by atoms with Gasteiger partial charge in [-0.25, -0.2) is 0 Å². The zero-order valence-corrected chi connectivity index (χ0v) is 36.4. The highest BCUT2D eigenvalue weighted by molar-refractivity contribution is 6.01. The summed E-state index contributed by atoms with van der Waals surface area (Å²) in [5.74, 6) is 0. The predicted molar refractivity (Wildman–Crippen MR) is 278 cm³/mol. The SMILES string of the molecule is c1ccc(-c2ccc(N(c3ccc(-c4cccc5ccccc45)cc3)c3cc(-c4ccccc4)cc4c3-c3ccc(-c5ccccc5)cc3C4(c3ccccc3)c3ccccc3)cc2)cc1. The third kappa shape index (κ3) is 6.64. The molecule has 0 aromatic heterocycles. The van der Waals surface area contributed by atoms with Gasteiger partial charge >= 0.3 is 0 Å². The standard InChI is InChI=1S/C65H45N/c1-6-19-46(20-7-1)49-33-38-56(39-34-49)66(57-40-35-51(36-41-57)59-32-18-26-50-25-16-17-31-58(50)59)63-45-53(48-23-10-3-11-24-48)44-62-64(63)60-42-37-52(47-21-8-2-9-22-47)43-61(60)65(62,54-27-12-4-13-28-54)55-29-14-5-15-30-55/h1-45H. The molecule has 11 aromatic rings. The minimum atomic E-state index is -0.640. The summed E-state index contributed by atoms with van der Waals surface area (Å²) in [6, 6.07) is 100. The number of rotatable bonds is 9. The number of hydrogen-bond acceptors (Lipinski definition) is 1. The van der Waals surface area contributed by atoms with Crippen molar-refractivity contribution in [2.75, 3.05) is 4.90 Å². The topological polar surface area (TPSA) is 3.24 Å². The fourth-order valence-electron chi connectivity index (χ4n) is 10.5. The maximum Gasteiger partial charge on any atom is 0.0714 e. The Labute approximate surface area is 387 Å². The van der Waals surface area contributed by atoms with Crippen molar-refractivity contribution < 1.29 is 0 Å². The fourth-order valence-corrected chi connectivity index (χ4v) is 10.5. The molecule has 0 fully saturated rings. The molecule has 0 heterocycles. The molecule has 0 amide bonds. The monoisotopic (exact) mass is 839 g/mol. The van der Waals surface area contributed by atoms with Gasteiger partial charge in [-0.1, -0.05) is 231 Å². The highest BCUT2D eigenvalue weighted by Gasteiger charge is 2.48. The summed E-state index contributed by atoms with van der Waals surface area (Å²) in [6.45, 7) is 0. The molecule has 1 nitrogen and oxygen atoms in total. The summed E-state index contributed by atoms with van der Waals surface area (Å²) in [6.07, 6.45) is 0. The van der Waals surface area contributed by atoms with Crippen LogP contribution in [0.2, 0.25) is 0 Å². The molecule has 1 aliphatic carbocycles. The summed E-state index contributed by atoms with van der Waals surface area (Å²) < 4.78 is 0. The second-order valence-corrected chi connectivity index (χ2v) is 17.2. The molecule has 12 rings (SSSR count). The van der Waals surface area contributed by atoms with Gasteiger partial charge in [-0.05, 0) is 126 Å². The fraction of sp³-hybridized carbons (Fsp3) is 0.0154. The van der Waals surface area contributed by atoms with E-state index in [9.17, 15) is 0 Å². The molecule has 1 heteroatoms. The molecule has 11 aromatic carbocycles. The van der Waals surface area contributed by atoms with E-state index in [2.05, 4.69) is 278 Å². The van der Waals surface area contributed by atoms with Gasteiger partial charge in [-0.2, -0.15) is 0 Å². The second-order valence-electron chi connectivity index (χ2n) is 17.2. The lowest BCUT2D eigenvalue weighted by molar-refractivity contribution is 0.769. The van der Waals surface area contributed by atoms with E-state index in [1.165, 1.54) is 83.1 Å². The Kier molecular flexibility index (Phi) is 9.81. The van der Waals surface area contributed by atoms with Crippen LogP contribution < -0.4 is 4.90 Å². The average Bonchev–Trinajstić information content (AvgIpc) is 3.70. The summed E-state index contributed by atoms with van der Waals surface area (Å²) in [7, 11) is 0. The predicted octanol–water partition coefficient (Wildman–Crippen LogP) is 17.3. The van der Waals surface area contributed by atoms with Crippen LogP contribution in [-0.4, -0.2) is 0 Å². The molecule has 0 aliphatic heterocycles. The third-order valence-corrected chi connectivity index (χ3v) is 13.5. The maximum absolute atomic E-state index is 2.49. The Morgan fingerprint density at radius 3 is 1.30 bits per heavy atom. The van der Waals surface area contributed by atoms with Gasteiger partial charge in [0.15, 0.2) is 0 Å². The third-order valence-electron chi connectivity index (χ3n) is 13.5. The normalized spacial score (nSPS) is 12.4. The van der Waals surface area contributed by atoms with Gasteiger partial charge < -0.3 is 4.90 Å².